The van der Waals surface area contributed by atoms with E-state index in [2.05, 4.69) is 25.0 Å². The molecule has 1 aromatic heterocycles. The summed E-state index contributed by atoms with van der Waals surface area (Å²) >= 11 is 0. The number of aromatic nitrogens is 1. The Morgan fingerprint density at radius 2 is 2.41 bits per heavy atom. The first-order valence-corrected chi connectivity index (χ1v) is 6.58. The molecule has 1 fully saturated rings. The van der Waals surface area contributed by atoms with Gasteiger partial charge in [-0.25, -0.2) is 0 Å². The predicted molar refractivity (Wildman–Crippen MR) is 68.6 cm³/mol. The summed E-state index contributed by atoms with van der Waals surface area (Å²) in [6.07, 6.45) is 6.45. The van der Waals surface area contributed by atoms with Crippen molar-refractivity contribution in [1.29, 1.82) is 0 Å². The lowest BCUT2D eigenvalue weighted by molar-refractivity contribution is -0.927. The maximum absolute atomic E-state index is 5.51. The summed E-state index contributed by atoms with van der Waals surface area (Å²) in [6, 6.07) is 4.85. The molecule has 1 aromatic rings. The van der Waals surface area contributed by atoms with E-state index < -0.39 is 0 Å². The predicted octanol–water partition coefficient (Wildman–Crippen LogP) is 2.40. The highest BCUT2D eigenvalue weighted by Crippen LogP contribution is 2.36. The van der Waals surface area contributed by atoms with Crippen LogP contribution in [-0.2, 0) is 4.74 Å². The zero-order valence-corrected chi connectivity index (χ0v) is 10.9. The summed E-state index contributed by atoms with van der Waals surface area (Å²) in [6.45, 7) is 6.10. The Morgan fingerprint density at radius 3 is 3.12 bits per heavy atom. The molecular formula is C14H23N2O+. The minimum absolute atomic E-state index is 0.601. The van der Waals surface area contributed by atoms with Gasteiger partial charge in [-0.1, -0.05) is 6.07 Å². The Hall–Kier alpha value is -0.930. The van der Waals surface area contributed by atoms with Crippen molar-refractivity contribution in [2.75, 3.05) is 33.4 Å². The Bertz CT molecular complexity index is 341. The zero-order chi connectivity index (χ0) is 12.1. The lowest BCUT2D eigenvalue weighted by Crippen LogP contribution is -2.45. The first kappa shape index (κ1) is 12.5. The Kier molecular flexibility index (Phi) is 4.13. The van der Waals surface area contributed by atoms with Gasteiger partial charge in [-0.15, -0.1) is 0 Å². The smallest absolute Gasteiger partial charge is 0.116 e. The lowest BCUT2D eigenvalue weighted by atomic mass is 10.1. The van der Waals surface area contributed by atoms with Crippen LogP contribution in [0, 0.1) is 0 Å². The van der Waals surface area contributed by atoms with E-state index in [9.17, 15) is 0 Å². The van der Waals surface area contributed by atoms with Crippen LogP contribution in [-0.4, -0.2) is 42.8 Å². The van der Waals surface area contributed by atoms with Crippen molar-refractivity contribution in [2.45, 2.75) is 25.8 Å². The minimum atomic E-state index is 0.601. The molecule has 94 valence electrons. The lowest BCUT2D eigenvalue weighted by Gasteiger charge is -2.36. The molecule has 2 unspecified atom stereocenters. The fraction of sp³-hybridized carbons (Fsp3) is 0.643. The van der Waals surface area contributed by atoms with Crippen molar-refractivity contribution in [2.24, 2.45) is 0 Å². The standard InChI is InChI=1S/C14H23N2O/c1-3-17-11-10-16(2)9-5-7-14(16)13-6-4-8-15-12-13/h4,6,8,12,14H,3,5,7,9-11H2,1-2H3/q+1. The highest BCUT2D eigenvalue weighted by molar-refractivity contribution is 5.12. The Labute approximate surface area is 104 Å². The number of hydrogen-bond donors (Lipinski definition) is 0. The molecule has 3 nitrogen and oxygen atoms in total. The van der Waals surface area contributed by atoms with Gasteiger partial charge in [0.2, 0.25) is 0 Å². The molecule has 0 N–H and O–H groups in total. The third-order valence-corrected chi connectivity index (χ3v) is 3.92. The number of likely N-dealkylation sites (tertiary alicyclic amines) is 1. The summed E-state index contributed by atoms with van der Waals surface area (Å²) in [5, 5.41) is 0. The van der Waals surface area contributed by atoms with Crippen LogP contribution in [0.25, 0.3) is 0 Å². The van der Waals surface area contributed by atoms with Crippen LogP contribution in [0.5, 0.6) is 0 Å². The summed E-state index contributed by atoms with van der Waals surface area (Å²) < 4.78 is 6.62. The molecule has 2 heterocycles. The summed E-state index contributed by atoms with van der Waals surface area (Å²) in [5.41, 5.74) is 1.38. The van der Waals surface area contributed by atoms with E-state index in [4.69, 9.17) is 4.74 Å². The van der Waals surface area contributed by atoms with Crippen LogP contribution < -0.4 is 0 Å². The molecule has 2 rings (SSSR count). The molecule has 0 amide bonds. The van der Waals surface area contributed by atoms with Gasteiger partial charge >= 0.3 is 0 Å². The summed E-state index contributed by atoms with van der Waals surface area (Å²) in [4.78, 5) is 4.25. The molecule has 0 radical (unpaired) electrons. The van der Waals surface area contributed by atoms with Crippen LogP contribution in [0.1, 0.15) is 31.4 Å². The number of quaternary nitrogens is 1. The number of nitrogens with zero attached hydrogens (tertiary/aromatic N) is 2. The Balaban J connectivity index is 2.06. The second-order valence-corrected chi connectivity index (χ2v) is 5.07. The fourth-order valence-electron chi connectivity index (χ4n) is 2.90. The highest BCUT2D eigenvalue weighted by atomic mass is 16.5. The third-order valence-electron chi connectivity index (χ3n) is 3.92. The minimum Gasteiger partial charge on any atom is -0.376 e. The second kappa shape index (κ2) is 5.61. The second-order valence-electron chi connectivity index (χ2n) is 5.07. The molecule has 1 aliphatic heterocycles. The normalized spacial score (nSPS) is 28.5. The zero-order valence-electron chi connectivity index (χ0n) is 10.9. The molecule has 0 saturated carbocycles. The fourth-order valence-corrected chi connectivity index (χ4v) is 2.90. The van der Waals surface area contributed by atoms with Gasteiger partial charge in [-0.2, -0.15) is 0 Å². The summed E-state index contributed by atoms with van der Waals surface area (Å²) in [5.74, 6) is 0. The largest absolute Gasteiger partial charge is 0.376 e. The quantitative estimate of drug-likeness (QED) is 0.577. The number of likely N-dealkylation sites (N-methyl/N-ethyl adjacent to an activating group) is 1. The average molecular weight is 235 g/mol. The van der Waals surface area contributed by atoms with E-state index in [1.807, 2.05) is 18.5 Å². The monoisotopic (exact) mass is 235 g/mol. The maximum Gasteiger partial charge on any atom is 0.116 e. The average Bonchev–Trinajstić information content (AvgIpc) is 2.73. The van der Waals surface area contributed by atoms with E-state index in [0.717, 1.165) is 24.2 Å². The van der Waals surface area contributed by atoms with E-state index in [1.54, 1.807) is 0 Å². The van der Waals surface area contributed by atoms with Gasteiger partial charge in [0.25, 0.3) is 0 Å². The molecule has 0 bridgehead atoms. The third kappa shape index (κ3) is 2.85. The van der Waals surface area contributed by atoms with Crippen LogP contribution in [0.3, 0.4) is 0 Å². The summed E-state index contributed by atoms with van der Waals surface area (Å²) in [7, 11) is 2.35. The molecule has 17 heavy (non-hydrogen) atoms. The Morgan fingerprint density at radius 1 is 1.53 bits per heavy atom. The van der Waals surface area contributed by atoms with Gasteiger partial charge in [0.05, 0.1) is 20.2 Å². The number of ether oxygens (including phenoxy) is 1. The van der Waals surface area contributed by atoms with Crippen molar-refractivity contribution in [1.82, 2.24) is 4.98 Å². The maximum atomic E-state index is 5.51. The van der Waals surface area contributed by atoms with Crippen LogP contribution >= 0.6 is 0 Å². The SMILES string of the molecule is CCOCC[N+]1(C)CCCC1c1cccnc1. The van der Waals surface area contributed by atoms with E-state index >= 15 is 0 Å². The van der Waals surface area contributed by atoms with Crippen molar-refractivity contribution < 1.29 is 9.22 Å². The van der Waals surface area contributed by atoms with Gasteiger partial charge in [-0.05, 0) is 13.0 Å². The molecule has 0 aromatic carbocycles. The highest BCUT2D eigenvalue weighted by Gasteiger charge is 2.38. The number of hydrogen-bond acceptors (Lipinski definition) is 2. The first-order valence-electron chi connectivity index (χ1n) is 6.58. The van der Waals surface area contributed by atoms with E-state index in [-0.39, 0.29) is 0 Å². The number of rotatable bonds is 5. The van der Waals surface area contributed by atoms with Gasteiger partial charge in [0.15, 0.2) is 0 Å². The van der Waals surface area contributed by atoms with Crippen molar-refractivity contribution in [3.63, 3.8) is 0 Å². The van der Waals surface area contributed by atoms with E-state index in [1.165, 1.54) is 24.9 Å². The molecule has 0 spiro atoms. The van der Waals surface area contributed by atoms with Crippen molar-refractivity contribution in [3.8, 4) is 0 Å². The van der Waals surface area contributed by atoms with Gasteiger partial charge in [-0.3, -0.25) is 4.98 Å². The molecular weight excluding hydrogens is 212 g/mol. The molecule has 1 aliphatic rings. The van der Waals surface area contributed by atoms with Crippen LogP contribution in [0.4, 0.5) is 0 Å². The molecule has 2 atom stereocenters. The molecule has 1 saturated heterocycles. The molecule has 0 aliphatic carbocycles. The number of pyridine rings is 1. The van der Waals surface area contributed by atoms with Crippen molar-refractivity contribution >= 4 is 0 Å². The van der Waals surface area contributed by atoms with Crippen LogP contribution in [0.15, 0.2) is 24.5 Å². The van der Waals surface area contributed by atoms with Gasteiger partial charge < -0.3 is 9.22 Å². The topological polar surface area (TPSA) is 22.1 Å². The first-order chi connectivity index (χ1) is 8.26. The van der Waals surface area contributed by atoms with Gasteiger partial charge in [0.1, 0.15) is 12.6 Å². The van der Waals surface area contributed by atoms with Crippen LogP contribution in [0.2, 0.25) is 0 Å². The van der Waals surface area contributed by atoms with Gasteiger partial charge in [0, 0.05) is 37.4 Å². The van der Waals surface area contributed by atoms with E-state index in [0.29, 0.717) is 6.04 Å². The molecule has 3 heteroatoms. The van der Waals surface area contributed by atoms with Crippen molar-refractivity contribution in [3.05, 3.63) is 30.1 Å².